The summed E-state index contributed by atoms with van der Waals surface area (Å²) < 4.78 is 0. The van der Waals surface area contributed by atoms with E-state index in [0.717, 1.165) is 31.2 Å². The minimum absolute atomic E-state index is 0.0988. The van der Waals surface area contributed by atoms with Crippen LogP contribution < -0.4 is 5.32 Å². The molecule has 0 saturated heterocycles. The number of hydrogen-bond donors (Lipinski definition) is 1. The maximum atomic E-state index is 12.7. The Balaban J connectivity index is 1.78. The van der Waals surface area contributed by atoms with Crippen LogP contribution in [0.5, 0.6) is 0 Å². The van der Waals surface area contributed by atoms with Gasteiger partial charge in [0.25, 0.3) is 5.91 Å². The Kier molecular flexibility index (Phi) is 4.94. The lowest BCUT2D eigenvalue weighted by atomic mass is 9.95. The first kappa shape index (κ1) is 15.3. The summed E-state index contributed by atoms with van der Waals surface area (Å²) in [6.45, 7) is 2.16. The van der Waals surface area contributed by atoms with Gasteiger partial charge in [-0.2, -0.15) is 0 Å². The van der Waals surface area contributed by atoms with Crippen LogP contribution in [0.3, 0.4) is 0 Å². The molecule has 1 unspecified atom stereocenters. The molecule has 22 heavy (non-hydrogen) atoms. The Morgan fingerprint density at radius 3 is 2.77 bits per heavy atom. The fraction of sp³-hybridized carbons (Fsp3) is 0.421. The molecule has 1 N–H and O–H groups in total. The van der Waals surface area contributed by atoms with Crippen molar-refractivity contribution in [1.82, 2.24) is 5.32 Å². The largest absolute Gasteiger partial charge is 0.345 e. The lowest BCUT2D eigenvalue weighted by molar-refractivity contribution is 0.0934. The molecule has 3 heteroatoms. The van der Waals surface area contributed by atoms with Crippen LogP contribution in [0.4, 0.5) is 0 Å². The van der Waals surface area contributed by atoms with Crippen molar-refractivity contribution in [2.24, 2.45) is 0 Å². The number of aryl methyl sites for hydroxylation is 1. The van der Waals surface area contributed by atoms with E-state index in [1.165, 1.54) is 28.8 Å². The number of hydrogen-bond acceptors (Lipinski definition) is 2. The molecular formula is C19H23NOS. The van der Waals surface area contributed by atoms with Crippen LogP contribution in [0.25, 0.3) is 0 Å². The highest BCUT2D eigenvalue weighted by molar-refractivity contribution is 7.10. The molecule has 2 aromatic rings. The first-order valence-corrected chi connectivity index (χ1v) is 9.12. The summed E-state index contributed by atoms with van der Waals surface area (Å²) in [5.74, 6) is 0.0988. The lowest BCUT2D eigenvalue weighted by Gasteiger charge is -2.19. The zero-order valence-electron chi connectivity index (χ0n) is 13.1. The van der Waals surface area contributed by atoms with Crippen LogP contribution in [0.1, 0.15) is 65.0 Å². The minimum Gasteiger partial charge on any atom is -0.345 e. The average molecular weight is 313 g/mol. The van der Waals surface area contributed by atoms with Crippen molar-refractivity contribution >= 4 is 17.2 Å². The van der Waals surface area contributed by atoms with Crippen molar-refractivity contribution in [3.05, 3.63) is 57.3 Å². The van der Waals surface area contributed by atoms with E-state index in [-0.39, 0.29) is 11.9 Å². The molecule has 0 bridgehead atoms. The van der Waals surface area contributed by atoms with Gasteiger partial charge in [-0.25, -0.2) is 0 Å². The van der Waals surface area contributed by atoms with Gasteiger partial charge in [-0.05, 0) is 43.2 Å². The number of benzene rings is 1. The Morgan fingerprint density at radius 2 is 2.00 bits per heavy atom. The van der Waals surface area contributed by atoms with Crippen LogP contribution in [0.2, 0.25) is 0 Å². The molecule has 1 atom stereocenters. The van der Waals surface area contributed by atoms with Crippen LogP contribution >= 0.6 is 11.3 Å². The summed E-state index contributed by atoms with van der Waals surface area (Å²) in [6.07, 6.45) is 6.71. The van der Waals surface area contributed by atoms with E-state index in [9.17, 15) is 4.79 Å². The maximum Gasteiger partial charge on any atom is 0.252 e. The molecule has 1 heterocycles. The lowest BCUT2D eigenvalue weighted by Crippen LogP contribution is -2.29. The Hall–Kier alpha value is -1.61. The molecular weight excluding hydrogens is 290 g/mol. The zero-order valence-corrected chi connectivity index (χ0v) is 13.9. The first-order valence-electron chi connectivity index (χ1n) is 8.24. The van der Waals surface area contributed by atoms with Gasteiger partial charge in [-0.15, -0.1) is 11.3 Å². The van der Waals surface area contributed by atoms with Crippen LogP contribution in [0, 0.1) is 0 Å². The molecule has 0 saturated carbocycles. The summed E-state index contributed by atoms with van der Waals surface area (Å²) in [6, 6.07) is 10.4. The number of rotatable bonds is 5. The number of fused-ring (bicyclic) bond motifs is 1. The maximum absolute atomic E-state index is 12.7. The summed E-state index contributed by atoms with van der Waals surface area (Å²) >= 11 is 1.76. The molecule has 0 radical (unpaired) electrons. The van der Waals surface area contributed by atoms with Crippen molar-refractivity contribution in [2.45, 2.75) is 51.5 Å². The van der Waals surface area contributed by atoms with E-state index in [4.69, 9.17) is 0 Å². The SMILES string of the molecule is CCCC(NC(=O)c1csc2c1CCCC2)c1ccccc1. The van der Waals surface area contributed by atoms with Crippen LogP contribution in [-0.2, 0) is 12.8 Å². The Morgan fingerprint density at radius 1 is 1.23 bits per heavy atom. The third-order valence-electron chi connectivity index (χ3n) is 4.39. The second-order valence-electron chi connectivity index (χ2n) is 5.98. The first-order chi connectivity index (χ1) is 10.8. The highest BCUT2D eigenvalue weighted by Crippen LogP contribution is 2.30. The third-order valence-corrected chi connectivity index (χ3v) is 5.48. The van der Waals surface area contributed by atoms with Gasteiger partial charge in [0.05, 0.1) is 11.6 Å². The van der Waals surface area contributed by atoms with E-state index in [1.54, 1.807) is 11.3 Å². The van der Waals surface area contributed by atoms with Crippen molar-refractivity contribution in [1.29, 1.82) is 0 Å². The van der Waals surface area contributed by atoms with Gasteiger partial charge in [0.2, 0.25) is 0 Å². The number of nitrogens with one attached hydrogen (secondary N) is 1. The van der Waals surface area contributed by atoms with Gasteiger partial charge in [0, 0.05) is 10.3 Å². The van der Waals surface area contributed by atoms with E-state index in [0.29, 0.717) is 0 Å². The fourth-order valence-electron chi connectivity index (χ4n) is 3.22. The highest BCUT2D eigenvalue weighted by Gasteiger charge is 2.22. The normalized spacial score (nSPS) is 15.1. The minimum atomic E-state index is 0.0988. The molecule has 0 spiro atoms. The average Bonchev–Trinajstić information content (AvgIpc) is 2.99. The van der Waals surface area contributed by atoms with Crippen LogP contribution in [0.15, 0.2) is 35.7 Å². The quantitative estimate of drug-likeness (QED) is 0.836. The number of thiophene rings is 1. The van der Waals surface area contributed by atoms with Crippen molar-refractivity contribution in [3.63, 3.8) is 0 Å². The number of carbonyl (C=O) groups is 1. The van der Waals surface area contributed by atoms with E-state index < -0.39 is 0 Å². The number of amides is 1. The molecule has 0 aliphatic heterocycles. The third kappa shape index (κ3) is 3.25. The molecule has 1 aromatic carbocycles. The van der Waals surface area contributed by atoms with E-state index in [1.807, 2.05) is 18.2 Å². The Bertz CT molecular complexity index is 632. The number of carbonyl (C=O) groups excluding carboxylic acids is 1. The predicted molar refractivity (Wildman–Crippen MR) is 92.5 cm³/mol. The fourth-order valence-corrected chi connectivity index (χ4v) is 4.34. The topological polar surface area (TPSA) is 29.1 Å². The summed E-state index contributed by atoms with van der Waals surface area (Å²) in [5.41, 5.74) is 3.41. The molecule has 1 aliphatic carbocycles. The van der Waals surface area contributed by atoms with Gasteiger partial charge >= 0.3 is 0 Å². The molecule has 116 valence electrons. The van der Waals surface area contributed by atoms with Gasteiger partial charge in [0.15, 0.2) is 0 Å². The van der Waals surface area contributed by atoms with E-state index >= 15 is 0 Å². The zero-order chi connectivity index (χ0) is 15.4. The molecule has 2 nitrogen and oxygen atoms in total. The second-order valence-corrected chi connectivity index (χ2v) is 6.95. The molecule has 0 fully saturated rings. The molecule has 1 aromatic heterocycles. The Labute approximate surface area is 136 Å². The van der Waals surface area contributed by atoms with Gasteiger partial charge in [-0.3, -0.25) is 4.79 Å². The standard InChI is InChI=1S/C19H23NOS/c1-2-8-17(14-9-4-3-5-10-14)20-19(21)16-13-22-18-12-7-6-11-15(16)18/h3-5,9-10,13,17H,2,6-8,11-12H2,1H3,(H,20,21). The monoisotopic (exact) mass is 313 g/mol. The molecule has 1 aliphatic rings. The molecule has 1 amide bonds. The van der Waals surface area contributed by atoms with Gasteiger partial charge < -0.3 is 5.32 Å². The van der Waals surface area contributed by atoms with Gasteiger partial charge in [0.1, 0.15) is 0 Å². The van der Waals surface area contributed by atoms with Crippen molar-refractivity contribution < 1.29 is 4.79 Å². The van der Waals surface area contributed by atoms with E-state index in [2.05, 4.69) is 29.8 Å². The summed E-state index contributed by atoms with van der Waals surface area (Å²) in [5, 5.41) is 5.31. The van der Waals surface area contributed by atoms with Crippen LogP contribution in [-0.4, -0.2) is 5.91 Å². The van der Waals surface area contributed by atoms with Crippen molar-refractivity contribution in [3.8, 4) is 0 Å². The smallest absolute Gasteiger partial charge is 0.252 e. The summed E-state index contributed by atoms with van der Waals surface area (Å²) in [7, 11) is 0. The van der Waals surface area contributed by atoms with Gasteiger partial charge in [-0.1, -0.05) is 43.7 Å². The molecule has 3 rings (SSSR count). The predicted octanol–water partition coefficient (Wildman–Crippen LogP) is 4.90. The summed E-state index contributed by atoms with van der Waals surface area (Å²) in [4.78, 5) is 14.2. The highest BCUT2D eigenvalue weighted by atomic mass is 32.1. The second kappa shape index (κ2) is 7.10. The van der Waals surface area contributed by atoms with Crippen molar-refractivity contribution in [2.75, 3.05) is 0 Å².